The number of non-ortho nitro benzene ring substituents is 1. The Balaban J connectivity index is 2.04. The molecule has 4 nitrogen and oxygen atoms in total. The highest BCUT2D eigenvalue weighted by molar-refractivity contribution is 5.98. The van der Waals surface area contributed by atoms with Gasteiger partial charge in [-0.05, 0) is 66.8 Å². The molecule has 0 radical (unpaired) electrons. The summed E-state index contributed by atoms with van der Waals surface area (Å²) < 4.78 is 0. The SMILES string of the molecule is Cc1cc(C)c(-c2cc(-c3ccccc3)c3cc([N+](=O)[O-])ccc3n2)cc1C. The van der Waals surface area contributed by atoms with Gasteiger partial charge in [-0.25, -0.2) is 4.98 Å². The molecule has 0 spiro atoms. The van der Waals surface area contributed by atoms with Crippen LogP contribution in [0.15, 0.2) is 66.7 Å². The molecule has 4 heteroatoms. The van der Waals surface area contributed by atoms with Crippen molar-refractivity contribution in [1.82, 2.24) is 4.98 Å². The summed E-state index contributed by atoms with van der Waals surface area (Å²) in [5.41, 5.74) is 8.37. The highest BCUT2D eigenvalue weighted by Gasteiger charge is 2.15. The maximum absolute atomic E-state index is 11.3. The maximum Gasteiger partial charge on any atom is 0.270 e. The van der Waals surface area contributed by atoms with Crippen LogP contribution in [0.1, 0.15) is 16.7 Å². The molecule has 0 amide bonds. The molecule has 0 aliphatic heterocycles. The lowest BCUT2D eigenvalue weighted by Crippen LogP contribution is -1.95. The molecule has 0 saturated heterocycles. The molecular weight excluding hydrogens is 348 g/mol. The van der Waals surface area contributed by atoms with E-state index in [-0.39, 0.29) is 10.6 Å². The molecule has 3 aromatic carbocycles. The molecule has 0 saturated carbocycles. The van der Waals surface area contributed by atoms with Crippen LogP contribution in [0.25, 0.3) is 33.3 Å². The van der Waals surface area contributed by atoms with Gasteiger partial charge in [-0.1, -0.05) is 36.4 Å². The van der Waals surface area contributed by atoms with Crippen molar-refractivity contribution >= 4 is 16.6 Å². The second-order valence-corrected chi connectivity index (χ2v) is 7.13. The average molecular weight is 368 g/mol. The van der Waals surface area contributed by atoms with Gasteiger partial charge in [0.25, 0.3) is 5.69 Å². The van der Waals surface area contributed by atoms with E-state index in [0.29, 0.717) is 0 Å². The van der Waals surface area contributed by atoms with Gasteiger partial charge in [-0.2, -0.15) is 0 Å². The van der Waals surface area contributed by atoms with Gasteiger partial charge in [0.1, 0.15) is 0 Å². The average Bonchev–Trinajstić information content (AvgIpc) is 2.70. The van der Waals surface area contributed by atoms with Crippen LogP contribution in [0.4, 0.5) is 5.69 Å². The monoisotopic (exact) mass is 368 g/mol. The Kier molecular flexibility index (Phi) is 4.40. The van der Waals surface area contributed by atoms with Gasteiger partial charge >= 0.3 is 0 Å². The number of hydrogen-bond acceptors (Lipinski definition) is 3. The fourth-order valence-corrected chi connectivity index (χ4v) is 3.56. The van der Waals surface area contributed by atoms with Crippen LogP contribution < -0.4 is 0 Å². The molecule has 0 N–H and O–H groups in total. The second-order valence-electron chi connectivity index (χ2n) is 7.13. The van der Waals surface area contributed by atoms with Crippen LogP contribution in [0.3, 0.4) is 0 Å². The van der Waals surface area contributed by atoms with Crippen LogP contribution >= 0.6 is 0 Å². The Hall–Kier alpha value is -3.53. The fourth-order valence-electron chi connectivity index (χ4n) is 3.56. The van der Waals surface area contributed by atoms with E-state index < -0.39 is 0 Å². The Morgan fingerprint density at radius 2 is 1.50 bits per heavy atom. The van der Waals surface area contributed by atoms with Crippen molar-refractivity contribution in [2.45, 2.75) is 20.8 Å². The van der Waals surface area contributed by atoms with E-state index in [1.807, 2.05) is 36.4 Å². The van der Waals surface area contributed by atoms with Crippen molar-refractivity contribution in [2.24, 2.45) is 0 Å². The quantitative estimate of drug-likeness (QED) is 0.310. The Morgan fingerprint density at radius 1 is 0.786 bits per heavy atom. The van der Waals surface area contributed by atoms with Gasteiger partial charge in [0.05, 0.1) is 16.1 Å². The van der Waals surface area contributed by atoms with E-state index in [1.165, 1.54) is 17.2 Å². The first-order valence-electron chi connectivity index (χ1n) is 9.17. The van der Waals surface area contributed by atoms with Crippen molar-refractivity contribution in [2.75, 3.05) is 0 Å². The largest absolute Gasteiger partial charge is 0.270 e. The third-order valence-electron chi connectivity index (χ3n) is 5.20. The number of fused-ring (bicyclic) bond motifs is 1. The van der Waals surface area contributed by atoms with E-state index in [4.69, 9.17) is 4.98 Å². The summed E-state index contributed by atoms with van der Waals surface area (Å²) in [6.07, 6.45) is 0. The summed E-state index contributed by atoms with van der Waals surface area (Å²) in [5, 5.41) is 12.1. The minimum absolute atomic E-state index is 0.0709. The van der Waals surface area contributed by atoms with Crippen LogP contribution in [0.2, 0.25) is 0 Å². The van der Waals surface area contributed by atoms with Gasteiger partial charge in [0, 0.05) is 23.1 Å². The van der Waals surface area contributed by atoms with E-state index >= 15 is 0 Å². The highest BCUT2D eigenvalue weighted by atomic mass is 16.6. The number of nitro groups is 1. The van der Waals surface area contributed by atoms with Gasteiger partial charge in [-0.3, -0.25) is 10.1 Å². The Labute approximate surface area is 163 Å². The number of aromatic nitrogens is 1. The van der Waals surface area contributed by atoms with E-state index in [0.717, 1.165) is 38.9 Å². The predicted molar refractivity (Wildman–Crippen MR) is 113 cm³/mol. The first-order valence-corrected chi connectivity index (χ1v) is 9.17. The van der Waals surface area contributed by atoms with Gasteiger partial charge in [-0.15, -0.1) is 0 Å². The third kappa shape index (κ3) is 3.14. The van der Waals surface area contributed by atoms with Crippen LogP contribution in [0, 0.1) is 30.9 Å². The van der Waals surface area contributed by atoms with Crippen molar-refractivity contribution < 1.29 is 4.92 Å². The Morgan fingerprint density at radius 3 is 2.21 bits per heavy atom. The number of nitro benzene ring substituents is 1. The van der Waals surface area contributed by atoms with Crippen molar-refractivity contribution in [1.29, 1.82) is 0 Å². The molecule has 0 fully saturated rings. The summed E-state index contributed by atoms with van der Waals surface area (Å²) in [6.45, 7) is 6.29. The van der Waals surface area contributed by atoms with E-state index in [9.17, 15) is 10.1 Å². The standard InChI is InChI=1S/C24H20N2O2/c1-15-11-17(3)20(12-16(15)2)24-14-21(18-7-5-4-6-8-18)22-13-19(26(27)28)9-10-23(22)25-24/h4-14H,1-3H3. The summed E-state index contributed by atoms with van der Waals surface area (Å²) in [6, 6.07) is 21.2. The third-order valence-corrected chi connectivity index (χ3v) is 5.20. The highest BCUT2D eigenvalue weighted by Crippen LogP contribution is 2.35. The van der Waals surface area contributed by atoms with E-state index in [2.05, 4.69) is 32.9 Å². The molecule has 0 aliphatic carbocycles. The van der Waals surface area contributed by atoms with Crippen LogP contribution in [-0.2, 0) is 0 Å². The summed E-state index contributed by atoms with van der Waals surface area (Å²) in [4.78, 5) is 15.8. The normalized spacial score (nSPS) is 11.0. The zero-order valence-electron chi connectivity index (χ0n) is 16.1. The second kappa shape index (κ2) is 6.89. The molecule has 0 atom stereocenters. The topological polar surface area (TPSA) is 56.0 Å². The molecule has 138 valence electrons. The van der Waals surface area contributed by atoms with E-state index in [1.54, 1.807) is 12.1 Å². The summed E-state index contributed by atoms with van der Waals surface area (Å²) >= 11 is 0. The molecule has 0 unspecified atom stereocenters. The number of pyridine rings is 1. The molecule has 4 aromatic rings. The zero-order chi connectivity index (χ0) is 19.8. The lowest BCUT2D eigenvalue weighted by atomic mass is 9.94. The molecule has 0 bridgehead atoms. The first-order chi connectivity index (χ1) is 13.4. The number of hydrogen-bond donors (Lipinski definition) is 0. The molecule has 28 heavy (non-hydrogen) atoms. The summed E-state index contributed by atoms with van der Waals surface area (Å²) in [7, 11) is 0. The Bertz CT molecular complexity index is 1210. The van der Waals surface area contributed by atoms with Crippen molar-refractivity contribution in [3.63, 3.8) is 0 Å². The van der Waals surface area contributed by atoms with Crippen LogP contribution in [-0.4, -0.2) is 9.91 Å². The zero-order valence-corrected chi connectivity index (χ0v) is 16.1. The first kappa shape index (κ1) is 17.9. The lowest BCUT2D eigenvalue weighted by molar-refractivity contribution is -0.384. The number of benzene rings is 3. The lowest BCUT2D eigenvalue weighted by Gasteiger charge is -2.13. The minimum Gasteiger partial charge on any atom is -0.258 e. The smallest absolute Gasteiger partial charge is 0.258 e. The number of aryl methyl sites for hydroxylation is 3. The molecule has 1 aromatic heterocycles. The van der Waals surface area contributed by atoms with Gasteiger partial charge in [0.2, 0.25) is 0 Å². The maximum atomic E-state index is 11.3. The van der Waals surface area contributed by atoms with Gasteiger partial charge in [0.15, 0.2) is 0 Å². The number of rotatable bonds is 3. The molecule has 4 rings (SSSR count). The number of nitrogens with zero attached hydrogens (tertiary/aromatic N) is 2. The molecule has 1 heterocycles. The van der Waals surface area contributed by atoms with Crippen molar-refractivity contribution in [3.05, 3.63) is 93.5 Å². The summed E-state index contributed by atoms with van der Waals surface area (Å²) in [5.74, 6) is 0. The van der Waals surface area contributed by atoms with Crippen LogP contribution in [0.5, 0.6) is 0 Å². The minimum atomic E-state index is -0.365. The van der Waals surface area contributed by atoms with Gasteiger partial charge < -0.3 is 0 Å². The molecular formula is C24H20N2O2. The molecule has 0 aliphatic rings. The fraction of sp³-hybridized carbons (Fsp3) is 0.125. The predicted octanol–water partition coefficient (Wildman–Crippen LogP) is 6.40. The van der Waals surface area contributed by atoms with Crippen molar-refractivity contribution in [3.8, 4) is 22.4 Å².